The molecular formula is C19H21NO3S. The van der Waals surface area contributed by atoms with Crippen molar-refractivity contribution in [1.82, 2.24) is 4.31 Å². The first kappa shape index (κ1) is 16.7. The summed E-state index contributed by atoms with van der Waals surface area (Å²) in [7, 11) is -1.79. The minimum Gasteiger partial charge on any atom is -0.497 e. The lowest BCUT2D eigenvalue weighted by molar-refractivity contribution is 0.414. The largest absolute Gasteiger partial charge is 0.497 e. The molecule has 0 fully saturated rings. The summed E-state index contributed by atoms with van der Waals surface area (Å²) in [6, 6.07) is 14.9. The van der Waals surface area contributed by atoms with Gasteiger partial charge in [-0.15, -0.1) is 0 Å². The highest BCUT2D eigenvalue weighted by Crippen LogP contribution is 2.28. The third-order valence-electron chi connectivity index (χ3n) is 4.27. The van der Waals surface area contributed by atoms with E-state index in [-0.39, 0.29) is 0 Å². The Morgan fingerprint density at radius 2 is 1.83 bits per heavy atom. The number of benzene rings is 2. The first-order valence-corrected chi connectivity index (χ1v) is 9.35. The lowest BCUT2D eigenvalue weighted by Gasteiger charge is -2.26. The Kier molecular flexibility index (Phi) is 4.73. The molecule has 1 aliphatic rings. The molecular weight excluding hydrogens is 322 g/mol. The van der Waals surface area contributed by atoms with Crippen molar-refractivity contribution in [2.75, 3.05) is 20.2 Å². The number of nitrogens with zero attached hydrogens (tertiary/aromatic N) is 1. The second-order valence-electron chi connectivity index (χ2n) is 5.89. The highest BCUT2D eigenvalue weighted by atomic mass is 32.2. The molecule has 0 amide bonds. The molecule has 1 aliphatic heterocycles. The van der Waals surface area contributed by atoms with E-state index in [1.807, 2.05) is 49.4 Å². The smallest absolute Gasteiger partial charge is 0.243 e. The normalized spacial score (nSPS) is 15.8. The van der Waals surface area contributed by atoms with Gasteiger partial charge in [0.15, 0.2) is 0 Å². The lowest BCUT2D eigenvalue weighted by Crippen LogP contribution is -2.34. The van der Waals surface area contributed by atoms with Gasteiger partial charge in [-0.1, -0.05) is 35.9 Å². The van der Waals surface area contributed by atoms with Crippen molar-refractivity contribution in [2.45, 2.75) is 18.2 Å². The highest BCUT2D eigenvalue weighted by molar-refractivity contribution is 7.89. The Bertz CT molecular complexity index is 854. The van der Waals surface area contributed by atoms with Crippen LogP contribution in [0.5, 0.6) is 5.75 Å². The minimum atomic E-state index is -3.43. The lowest BCUT2D eigenvalue weighted by atomic mass is 10.0. The fourth-order valence-electron chi connectivity index (χ4n) is 2.81. The Morgan fingerprint density at radius 3 is 2.46 bits per heavy atom. The van der Waals surface area contributed by atoms with Crippen LogP contribution < -0.4 is 4.74 Å². The van der Waals surface area contributed by atoms with Crippen LogP contribution in [0.25, 0.3) is 5.57 Å². The molecule has 0 radical (unpaired) electrons. The molecule has 2 aromatic rings. The van der Waals surface area contributed by atoms with Gasteiger partial charge in [-0.2, -0.15) is 4.31 Å². The first-order valence-electron chi connectivity index (χ1n) is 7.91. The maximum absolute atomic E-state index is 12.7. The Labute approximate surface area is 143 Å². The van der Waals surface area contributed by atoms with E-state index in [4.69, 9.17) is 4.74 Å². The fourth-order valence-corrected chi connectivity index (χ4v) is 4.19. The molecule has 0 saturated carbocycles. The summed E-state index contributed by atoms with van der Waals surface area (Å²) in [5.41, 5.74) is 3.29. The van der Waals surface area contributed by atoms with Crippen molar-refractivity contribution in [3.8, 4) is 5.75 Å². The summed E-state index contributed by atoms with van der Waals surface area (Å²) in [5.74, 6) is 0.808. The van der Waals surface area contributed by atoms with Crippen LogP contribution in [0.1, 0.15) is 17.5 Å². The average Bonchev–Trinajstić information content (AvgIpc) is 2.62. The second-order valence-corrected chi connectivity index (χ2v) is 7.83. The summed E-state index contributed by atoms with van der Waals surface area (Å²) >= 11 is 0. The van der Waals surface area contributed by atoms with Crippen LogP contribution in [0.2, 0.25) is 0 Å². The molecule has 24 heavy (non-hydrogen) atoms. The molecule has 0 bridgehead atoms. The van der Waals surface area contributed by atoms with Gasteiger partial charge < -0.3 is 4.74 Å². The van der Waals surface area contributed by atoms with Gasteiger partial charge in [-0.05, 0) is 48.7 Å². The first-order chi connectivity index (χ1) is 11.5. The van der Waals surface area contributed by atoms with Gasteiger partial charge in [0, 0.05) is 13.1 Å². The molecule has 5 heteroatoms. The van der Waals surface area contributed by atoms with Crippen molar-refractivity contribution in [1.29, 1.82) is 0 Å². The van der Waals surface area contributed by atoms with E-state index >= 15 is 0 Å². The molecule has 0 spiro atoms. The van der Waals surface area contributed by atoms with Crippen molar-refractivity contribution < 1.29 is 13.2 Å². The van der Waals surface area contributed by atoms with Gasteiger partial charge in [-0.3, -0.25) is 0 Å². The summed E-state index contributed by atoms with van der Waals surface area (Å²) in [5, 5.41) is 0. The number of rotatable bonds is 4. The number of sulfonamides is 1. The zero-order valence-electron chi connectivity index (χ0n) is 13.9. The van der Waals surface area contributed by atoms with E-state index in [1.54, 1.807) is 19.2 Å². The summed E-state index contributed by atoms with van der Waals surface area (Å²) < 4.78 is 32.2. The molecule has 0 unspecified atom stereocenters. The maximum Gasteiger partial charge on any atom is 0.243 e. The number of ether oxygens (including phenoxy) is 1. The highest BCUT2D eigenvalue weighted by Gasteiger charge is 2.26. The monoisotopic (exact) mass is 343 g/mol. The van der Waals surface area contributed by atoms with Crippen molar-refractivity contribution in [3.05, 3.63) is 65.7 Å². The minimum absolute atomic E-state index is 0.353. The van der Waals surface area contributed by atoms with Gasteiger partial charge in [0.1, 0.15) is 5.75 Å². The van der Waals surface area contributed by atoms with Crippen LogP contribution >= 0.6 is 0 Å². The van der Waals surface area contributed by atoms with E-state index in [9.17, 15) is 8.42 Å². The number of methoxy groups -OCH3 is 1. The zero-order chi connectivity index (χ0) is 17.2. The van der Waals surface area contributed by atoms with Gasteiger partial charge in [0.25, 0.3) is 0 Å². The van der Waals surface area contributed by atoms with E-state index in [2.05, 4.69) is 0 Å². The topological polar surface area (TPSA) is 46.6 Å². The van der Waals surface area contributed by atoms with Crippen molar-refractivity contribution in [3.63, 3.8) is 0 Å². The van der Waals surface area contributed by atoms with E-state index < -0.39 is 10.0 Å². The second kappa shape index (κ2) is 6.79. The summed E-state index contributed by atoms with van der Waals surface area (Å²) in [4.78, 5) is 0.353. The maximum atomic E-state index is 12.7. The van der Waals surface area contributed by atoms with Crippen LogP contribution in [0.15, 0.2) is 59.5 Å². The van der Waals surface area contributed by atoms with Crippen molar-refractivity contribution >= 4 is 15.6 Å². The third kappa shape index (κ3) is 3.37. The van der Waals surface area contributed by atoms with Crippen LogP contribution in [-0.2, 0) is 10.0 Å². The van der Waals surface area contributed by atoms with Crippen LogP contribution in [0.3, 0.4) is 0 Å². The molecule has 0 saturated heterocycles. The molecule has 2 aromatic carbocycles. The molecule has 0 aromatic heterocycles. The van der Waals surface area contributed by atoms with Crippen LogP contribution in [0, 0.1) is 6.92 Å². The average molecular weight is 343 g/mol. The van der Waals surface area contributed by atoms with Gasteiger partial charge in [0.05, 0.1) is 12.0 Å². The van der Waals surface area contributed by atoms with Gasteiger partial charge >= 0.3 is 0 Å². The Morgan fingerprint density at radius 1 is 1.08 bits per heavy atom. The van der Waals surface area contributed by atoms with Gasteiger partial charge in [0.2, 0.25) is 10.0 Å². The molecule has 0 atom stereocenters. The van der Waals surface area contributed by atoms with Crippen molar-refractivity contribution in [2.24, 2.45) is 0 Å². The molecule has 4 nitrogen and oxygen atoms in total. The number of aryl methyl sites for hydroxylation is 1. The Balaban J connectivity index is 1.80. The summed E-state index contributed by atoms with van der Waals surface area (Å²) in [6.45, 7) is 2.82. The SMILES string of the molecule is COc1cccc(C2=CCN(S(=O)(=O)c3ccc(C)cc3)CC2)c1. The fraction of sp³-hybridized carbons (Fsp3) is 0.263. The molecule has 126 valence electrons. The van der Waals surface area contributed by atoms with E-state index in [0.29, 0.717) is 24.4 Å². The summed E-state index contributed by atoms with van der Waals surface area (Å²) in [6.07, 6.45) is 2.68. The molecule has 1 heterocycles. The zero-order valence-corrected chi connectivity index (χ0v) is 14.7. The number of hydrogen-bond acceptors (Lipinski definition) is 3. The van der Waals surface area contributed by atoms with Crippen LogP contribution in [0.4, 0.5) is 0 Å². The molecule has 3 rings (SSSR count). The third-order valence-corrected chi connectivity index (χ3v) is 6.15. The number of hydrogen-bond donors (Lipinski definition) is 0. The molecule has 0 N–H and O–H groups in total. The van der Waals surface area contributed by atoms with E-state index in [1.165, 1.54) is 4.31 Å². The predicted octanol–water partition coefficient (Wildman–Crippen LogP) is 3.48. The predicted molar refractivity (Wildman–Crippen MR) is 95.5 cm³/mol. The van der Waals surface area contributed by atoms with E-state index in [0.717, 1.165) is 22.4 Å². The Hall–Kier alpha value is -2.11. The van der Waals surface area contributed by atoms with Gasteiger partial charge in [-0.25, -0.2) is 8.42 Å². The van der Waals surface area contributed by atoms with Crippen LogP contribution in [-0.4, -0.2) is 32.9 Å². The standard InChI is InChI=1S/C19H21NO3S/c1-15-6-8-19(9-7-15)24(21,22)20-12-10-16(11-13-20)17-4-3-5-18(14-17)23-2/h3-10,14H,11-13H2,1-2H3. The molecule has 0 aliphatic carbocycles. The quantitative estimate of drug-likeness (QED) is 0.854.